The number of anilines is 1. The molecule has 1 amide bonds. The lowest BCUT2D eigenvalue weighted by Gasteiger charge is -2.24. The van der Waals surface area contributed by atoms with E-state index < -0.39 is 8.80 Å². The third-order valence-corrected chi connectivity index (χ3v) is 5.34. The molecule has 0 atom stereocenters. The van der Waals surface area contributed by atoms with Gasteiger partial charge in [0.25, 0.3) is 0 Å². The zero-order valence-electron chi connectivity index (χ0n) is 11.1. The van der Waals surface area contributed by atoms with Gasteiger partial charge < -0.3 is 18.6 Å². The molecule has 0 saturated heterocycles. The maximum absolute atomic E-state index is 10.9. The molecule has 0 fully saturated rings. The van der Waals surface area contributed by atoms with Gasteiger partial charge >= 0.3 is 8.80 Å². The fraction of sp³-hybridized carbons (Fsp3) is 0.417. The molecule has 0 aromatic heterocycles. The number of benzene rings is 1. The molecule has 0 radical (unpaired) electrons. The molecule has 1 N–H and O–H groups in total. The average Bonchev–Trinajstić information content (AvgIpc) is 2.38. The van der Waals surface area contributed by atoms with Gasteiger partial charge in [0.2, 0.25) is 5.91 Å². The Hall–Kier alpha value is -1.21. The summed E-state index contributed by atoms with van der Waals surface area (Å²) < 4.78 is 16.1. The largest absolute Gasteiger partial charge is 0.504 e. The van der Waals surface area contributed by atoms with Crippen LogP contribution in [0.1, 0.15) is 12.5 Å². The molecule has 100 valence electrons. The Bertz CT molecular complexity index is 381. The summed E-state index contributed by atoms with van der Waals surface area (Å²) in [5.74, 6) is -0.0860. The van der Waals surface area contributed by atoms with Gasteiger partial charge in [-0.3, -0.25) is 4.79 Å². The zero-order chi connectivity index (χ0) is 13.6. The predicted molar refractivity (Wildman–Crippen MR) is 71.2 cm³/mol. The lowest BCUT2D eigenvalue weighted by molar-refractivity contribution is -0.114. The number of rotatable bonds is 6. The topological polar surface area (TPSA) is 56.8 Å². The average molecular weight is 269 g/mol. The Labute approximate surface area is 108 Å². The van der Waals surface area contributed by atoms with Crippen LogP contribution in [0.2, 0.25) is 0 Å². The molecule has 6 heteroatoms. The minimum atomic E-state index is -2.59. The smallest absolute Gasteiger partial charge is 0.377 e. The van der Waals surface area contributed by atoms with Crippen molar-refractivity contribution < 1.29 is 18.1 Å². The van der Waals surface area contributed by atoms with Crippen molar-refractivity contribution in [3.05, 3.63) is 29.8 Å². The molecule has 0 unspecified atom stereocenters. The van der Waals surface area contributed by atoms with Crippen LogP contribution in [0.4, 0.5) is 5.69 Å². The van der Waals surface area contributed by atoms with Crippen LogP contribution in [-0.4, -0.2) is 36.0 Å². The molecular formula is C12H19NO4Si. The van der Waals surface area contributed by atoms with Crippen molar-refractivity contribution in [3.63, 3.8) is 0 Å². The molecule has 1 rings (SSSR count). The highest BCUT2D eigenvalue weighted by atomic mass is 28.4. The molecular weight excluding hydrogens is 250 g/mol. The Kier molecular flexibility index (Phi) is 5.48. The molecule has 0 heterocycles. The standard InChI is InChI=1S/C12H19NO4Si/c1-10(14)13-12-7-5-11(6-8-12)9-18(15-2,16-3)17-4/h5-8H,9H2,1-4H3,(H,13,14). The van der Waals surface area contributed by atoms with E-state index in [1.807, 2.05) is 24.3 Å². The number of hydrogen-bond donors (Lipinski definition) is 1. The molecule has 1 aromatic carbocycles. The number of carbonyl (C=O) groups excluding carboxylic acids is 1. The van der Waals surface area contributed by atoms with E-state index in [1.165, 1.54) is 6.92 Å². The van der Waals surface area contributed by atoms with Crippen LogP contribution in [0.5, 0.6) is 0 Å². The summed E-state index contributed by atoms with van der Waals surface area (Å²) in [5, 5.41) is 2.72. The second-order valence-electron chi connectivity index (χ2n) is 3.85. The third kappa shape index (κ3) is 3.92. The van der Waals surface area contributed by atoms with Crippen molar-refractivity contribution in [2.45, 2.75) is 13.0 Å². The van der Waals surface area contributed by atoms with Crippen molar-refractivity contribution in [2.75, 3.05) is 26.6 Å². The Morgan fingerprint density at radius 1 is 1.11 bits per heavy atom. The highest BCUT2D eigenvalue weighted by Gasteiger charge is 2.37. The summed E-state index contributed by atoms with van der Waals surface area (Å²) in [6.45, 7) is 1.48. The van der Waals surface area contributed by atoms with Gasteiger partial charge in [-0.05, 0) is 17.7 Å². The predicted octanol–water partition coefficient (Wildman–Crippen LogP) is 1.60. The van der Waals surface area contributed by atoms with Gasteiger partial charge in [0, 0.05) is 40.0 Å². The Morgan fingerprint density at radius 2 is 1.61 bits per heavy atom. The lowest BCUT2D eigenvalue weighted by atomic mass is 10.2. The van der Waals surface area contributed by atoms with Gasteiger partial charge in [-0.1, -0.05) is 12.1 Å². The SMILES string of the molecule is CO[Si](Cc1ccc(NC(C)=O)cc1)(OC)OC. The van der Waals surface area contributed by atoms with E-state index in [0.29, 0.717) is 6.04 Å². The summed E-state index contributed by atoms with van der Waals surface area (Å²) in [5.41, 5.74) is 1.81. The second-order valence-corrected chi connectivity index (χ2v) is 6.79. The van der Waals surface area contributed by atoms with Gasteiger partial charge in [0.15, 0.2) is 0 Å². The maximum atomic E-state index is 10.9. The molecule has 0 saturated carbocycles. The summed E-state index contributed by atoms with van der Waals surface area (Å²) in [6.07, 6.45) is 0. The molecule has 5 nitrogen and oxygen atoms in total. The quantitative estimate of drug-likeness (QED) is 0.797. The maximum Gasteiger partial charge on any atom is 0.504 e. The summed E-state index contributed by atoms with van der Waals surface area (Å²) in [4.78, 5) is 10.9. The Balaban J connectivity index is 2.76. The van der Waals surface area contributed by atoms with E-state index in [0.717, 1.165) is 11.3 Å². The van der Waals surface area contributed by atoms with Crippen molar-refractivity contribution in [1.82, 2.24) is 0 Å². The van der Waals surface area contributed by atoms with Crippen LogP contribution >= 0.6 is 0 Å². The monoisotopic (exact) mass is 269 g/mol. The molecule has 0 spiro atoms. The van der Waals surface area contributed by atoms with Gasteiger partial charge in [-0.15, -0.1) is 0 Å². The van der Waals surface area contributed by atoms with E-state index in [1.54, 1.807) is 21.3 Å². The van der Waals surface area contributed by atoms with Crippen LogP contribution in [0.15, 0.2) is 24.3 Å². The summed E-state index contributed by atoms with van der Waals surface area (Å²) in [6, 6.07) is 8.12. The highest BCUT2D eigenvalue weighted by Crippen LogP contribution is 2.16. The third-order valence-electron chi connectivity index (χ3n) is 2.63. The van der Waals surface area contributed by atoms with Crippen molar-refractivity contribution in [3.8, 4) is 0 Å². The normalized spacial score (nSPS) is 11.3. The fourth-order valence-electron chi connectivity index (χ4n) is 1.63. The Morgan fingerprint density at radius 3 is 2.00 bits per heavy atom. The number of nitrogens with one attached hydrogen (secondary N) is 1. The lowest BCUT2D eigenvalue weighted by Crippen LogP contribution is -2.45. The van der Waals surface area contributed by atoms with Gasteiger partial charge in [0.05, 0.1) is 0 Å². The van der Waals surface area contributed by atoms with Crippen LogP contribution in [-0.2, 0) is 24.1 Å². The van der Waals surface area contributed by atoms with E-state index in [4.69, 9.17) is 13.3 Å². The number of carbonyl (C=O) groups is 1. The number of hydrogen-bond acceptors (Lipinski definition) is 4. The van der Waals surface area contributed by atoms with Gasteiger partial charge in [-0.2, -0.15) is 0 Å². The first kappa shape index (κ1) is 14.8. The van der Waals surface area contributed by atoms with Gasteiger partial charge in [-0.25, -0.2) is 0 Å². The van der Waals surface area contributed by atoms with Crippen LogP contribution in [0.25, 0.3) is 0 Å². The van der Waals surface area contributed by atoms with E-state index in [-0.39, 0.29) is 5.91 Å². The molecule has 0 aliphatic rings. The number of amides is 1. The molecule has 1 aromatic rings. The zero-order valence-corrected chi connectivity index (χ0v) is 12.1. The first-order valence-corrected chi connectivity index (χ1v) is 7.50. The molecule has 18 heavy (non-hydrogen) atoms. The fourth-order valence-corrected chi connectivity index (χ4v) is 3.29. The summed E-state index contributed by atoms with van der Waals surface area (Å²) >= 11 is 0. The molecule has 0 aliphatic heterocycles. The van der Waals surface area contributed by atoms with Crippen LogP contribution < -0.4 is 5.32 Å². The second kappa shape index (κ2) is 6.65. The van der Waals surface area contributed by atoms with Crippen molar-refractivity contribution in [1.29, 1.82) is 0 Å². The van der Waals surface area contributed by atoms with E-state index >= 15 is 0 Å². The first-order valence-electron chi connectivity index (χ1n) is 5.57. The molecule has 0 aliphatic carbocycles. The summed E-state index contributed by atoms with van der Waals surface area (Å²) in [7, 11) is 2.17. The van der Waals surface area contributed by atoms with Crippen molar-refractivity contribution in [2.24, 2.45) is 0 Å². The van der Waals surface area contributed by atoms with Crippen LogP contribution in [0.3, 0.4) is 0 Å². The van der Waals surface area contributed by atoms with E-state index in [9.17, 15) is 4.79 Å². The first-order chi connectivity index (χ1) is 8.55. The highest BCUT2D eigenvalue weighted by molar-refractivity contribution is 6.60. The van der Waals surface area contributed by atoms with Crippen LogP contribution in [0, 0.1) is 0 Å². The minimum Gasteiger partial charge on any atom is -0.377 e. The molecule has 0 bridgehead atoms. The van der Waals surface area contributed by atoms with E-state index in [2.05, 4.69) is 5.32 Å². The minimum absolute atomic E-state index is 0.0860. The van der Waals surface area contributed by atoms with Gasteiger partial charge in [0.1, 0.15) is 0 Å². The van der Waals surface area contributed by atoms with Crippen molar-refractivity contribution >= 4 is 20.4 Å².